The first-order valence-corrected chi connectivity index (χ1v) is 13.6. The number of aliphatic hydroxyl groups excluding tert-OH is 4. The summed E-state index contributed by atoms with van der Waals surface area (Å²) in [6.45, 7) is 15.1. The summed E-state index contributed by atoms with van der Waals surface area (Å²) in [6, 6.07) is 0. The molecule has 0 aromatic heterocycles. The third-order valence-electron chi connectivity index (χ3n) is 4.50. The Morgan fingerprint density at radius 3 is 0.515 bits per heavy atom. The summed E-state index contributed by atoms with van der Waals surface area (Å²) in [5.74, 6) is 0. The fraction of sp³-hybridized carbons (Fsp3) is 0.840. The zero-order valence-corrected chi connectivity index (χ0v) is 25.7. The zero-order valence-electron chi connectivity index (χ0n) is 22.4. The Morgan fingerprint density at radius 2 is 0.515 bits per heavy atom. The second kappa shape index (κ2) is 34.4. The van der Waals surface area contributed by atoms with Gasteiger partial charge >= 0.3 is 0 Å². The zero-order chi connectivity index (χ0) is 27.3. The van der Waals surface area contributed by atoms with Gasteiger partial charge in [0.15, 0.2) is 0 Å². The molecule has 0 saturated carbocycles. The number of hydrogen-bond donors (Lipinski definition) is 4. The maximum atomic E-state index is 8.50. The van der Waals surface area contributed by atoms with Crippen LogP contribution in [0.3, 0.4) is 0 Å². The summed E-state index contributed by atoms with van der Waals surface area (Å²) < 4.78 is 0. The largest absolute Gasteiger partial charge is 0.396 e. The molecule has 0 aromatic carbocycles. The van der Waals surface area contributed by atoms with Crippen LogP contribution in [0.4, 0.5) is 0 Å². The summed E-state index contributed by atoms with van der Waals surface area (Å²) in [4.78, 5) is 4.70. The molecule has 0 amide bonds. The van der Waals surface area contributed by atoms with Crippen LogP contribution in [-0.2, 0) is 0 Å². The molecule has 0 unspecified atom stereocenters. The number of thiocarbonyl (C=S) groups is 4. The lowest BCUT2D eigenvalue weighted by Crippen LogP contribution is -2.37. The van der Waals surface area contributed by atoms with Crippen molar-refractivity contribution in [3.05, 3.63) is 0 Å². The molecular formula is C25H52O4S4. The van der Waals surface area contributed by atoms with Crippen molar-refractivity contribution >= 4 is 68.3 Å². The van der Waals surface area contributed by atoms with Crippen LogP contribution < -0.4 is 0 Å². The Hall–Kier alpha value is 0.200. The summed E-state index contributed by atoms with van der Waals surface area (Å²) in [6.07, 6.45) is 8.49. The van der Waals surface area contributed by atoms with Gasteiger partial charge < -0.3 is 20.4 Å². The van der Waals surface area contributed by atoms with E-state index in [1.165, 1.54) is 19.5 Å². The molecule has 0 aliphatic carbocycles. The number of aliphatic hydroxyl groups is 4. The average molecular weight is 545 g/mol. The summed E-state index contributed by atoms with van der Waals surface area (Å²) in [5, 5.41) is 34.0. The van der Waals surface area contributed by atoms with E-state index in [9.17, 15) is 0 Å². The van der Waals surface area contributed by atoms with Crippen molar-refractivity contribution in [1.82, 2.24) is 0 Å². The second-order valence-corrected chi connectivity index (χ2v) is 9.42. The maximum absolute atomic E-state index is 8.50. The highest BCUT2D eigenvalue weighted by molar-refractivity contribution is 7.81. The van der Waals surface area contributed by atoms with Crippen LogP contribution >= 0.6 is 48.9 Å². The molecule has 33 heavy (non-hydrogen) atoms. The summed E-state index contributed by atoms with van der Waals surface area (Å²) >= 11 is 19.4. The van der Waals surface area contributed by atoms with Crippen LogP contribution in [-0.4, -0.2) is 66.3 Å². The molecule has 0 aromatic rings. The highest BCUT2D eigenvalue weighted by Crippen LogP contribution is 2.11. The van der Waals surface area contributed by atoms with Crippen molar-refractivity contribution in [2.45, 2.75) is 107 Å². The molecule has 0 atom stereocenters. The third-order valence-corrected chi connectivity index (χ3v) is 6.81. The highest BCUT2D eigenvalue weighted by atomic mass is 32.1. The van der Waals surface area contributed by atoms with Gasteiger partial charge in [0.25, 0.3) is 0 Å². The quantitative estimate of drug-likeness (QED) is 0.203. The van der Waals surface area contributed by atoms with E-state index in [4.69, 9.17) is 69.3 Å². The molecule has 0 spiro atoms. The minimum Gasteiger partial charge on any atom is -0.396 e. The van der Waals surface area contributed by atoms with E-state index in [1.54, 1.807) is 0 Å². The van der Waals surface area contributed by atoms with Crippen molar-refractivity contribution in [2.24, 2.45) is 5.41 Å². The lowest BCUT2D eigenvalue weighted by atomic mass is 9.93. The van der Waals surface area contributed by atoms with Gasteiger partial charge in [-0.1, -0.05) is 104 Å². The van der Waals surface area contributed by atoms with Gasteiger partial charge in [-0.05, 0) is 70.8 Å². The van der Waals surface area contributed by atoms with Gasteiger partial charge in [0.1, 0.15) is 0 Å². The minimum atomic E-state index is -1.11. The second-order valence-electron chi connectivity index (χ2n) is 7.12. The molecule has 0 fully saturated rings. The van der Waals surface area contributed by atoms with Gasteiger partial charge in [-0.25, -0.2) is 0 Å². The Balaban J connectivity index is -0.000000100. The van der Waals surface area contributed by atoms with Crippen molar-refractivity contribution in [2.75, 3.05) is 26.4 Å². The summed E-state index contributed by atoms with van der Waals surface area (Å²) in [7, 11) is 0. The molecule has 200 valence electrons. The first kappa shape index (κ1) is 43.3. The van der Waals surface area contributed by atoms with Gasteiger partial charge in [-0.2, -0.15) is 0 Å². The van der Waals surface area contributed by atoms with Gasteiger partial charge in [0.05, 0.1) is 31.8 Å². The van der Waals surface area contributed by atoms with Crippen LogP contribution in [0.15, 0.2) is 0 Å². The van der Waals surface area contributed by atoms with Gasteiger partial charge in [0.2, 0.25) is 0 Å². The first-order chi connectivity index (χ1) is 15.5. The maximum Gasteiger partial charge on any atom is 0.0627 e. The van der Waals surface area contributed by atoms with Crippen LogP contribution in [0.1, 0.15) is 107 Å². The van der Waals surface area contributed by atoms with E-state index in [0.29, 0.717) is 0 Å². The van der Waals surface area contributed by atoms with Crippen molar-refractivity contribution in [3.8, 4) is 0 Å². The van der Waals surface area contributed by atoms with Crippen molar-refractivity contribution in [1.29, 1.82) is 0 Å². The molecule has 0 aliphatic heterocycles. The normalized spacial score (nSPS) is 9.33. The fourth-order valence-corrected chi connectivity index (χ4v) is 1.30. The molecule has 4 nitrogen and oxygen atoms in total. The smallest absolute Gasteiger partial charge is 0.0627 e. The molecule has 0 radical (unpaired) electrons. The molecule has 0 bridgehead atoms. The molecule has 8 heteroatoms. The lowest BCUT2D eigenvalue weighted by molar-refractivity contribution is -0.0328. The first-order valence-electron chi connectivity index (χ1n) is 12.0. The predicted molar refractivity (Wildman–Crippen MR) is 163 cm³/mol. The third kappa shape index (κ3) is 36.9. The monoisotopic (exact) mass is 544 g/mol. The van der Waals surface area contributed by atoms with E-state index in [-0.39, 0.29) is 0 Å². The molecule has 4 N–H and O–H groups in total. The number of hydrogen-bond acceptors (Lipinski definition) is 8. The highest BCUT2D eigenvalue weighted by Gasteiger charge is 2.26. The lowest BCUT2D eigenvalue weighted by Gasteiger charge is -2.23. The van der Waals surface area contributed by atoms with Crippen molar-refractivity contribution in [3.63, 3.8) is 0 Å². The summed E-state index contributed by atoms with van der Waals surface area (Å²) in [5.41, 5.74) is -1.11. The SMILES string of the molecule is CCC(=S)CC.CCC(=S)CC.CCC(=S)CC.CCC(=S)CC.OCC(CO)(CO)CO. The van der Waals surface area contributed by atoms with E-state index < -0.39 is 31.8 Å². The van der Waals surface area contributed by atoms with E-state index >= 15 is 0 Å². The fourth-order valence-electron chi connectivity index (χ4n) is 1.30. The minimum absolute atomic E-state index is 0.406. The van der Waals surface area contributed by atoms with Crippen LogP contribution in [0, 0.1) is 5.41 Å². The van der Waals surface area contributed by atoms with Crippen molar-refractivity contribution < 1.29 is 20.4 Å². The van der Waals surface area contributed by atoms with Crippen LogP contribution in [0.2, 0.25) is 0 Å². The topological polar surface area (TPSA) is 80.9 Å². The Labute approximate surface area is 226 Å². The number of rotatable bonds is 12. The molecule has 0 rings (SSSR count). The Bertz CT molecular complexity index is 360. The molecule has 0 saturated heterocycles. The van der Waals surface area contributed by atoms with E-state index in [2.05, 4.69) is 55.4 Å². The van der Waals surface area contributed by atoms with E-state index in [0.717, 1.165) is 51.4 Å². The predicted octanol–water partition coefficient (Wildman–Crippen LogP) is 6.65. The molecular weight excluding hydrogens is 493 g/mol. The van der Waals surface area contributed by atoms with E-state index in [1.807, 2.05) is 0 Å². The van der Waals surface area contributed by atoms with Crippen LogP contribution in [0.25, 0.3) is 0 Å². The Morgan fingerprint density at radius 1 is 0.394 bits per heavy atom. The average Bonchev–Trinajstić information content (AvgIpc) is 2.89. The standard InChI is InChI=1S/C5H12O4.4C5H10S/c6-1-5(2-7,3-8)4-9;4*1-3-5(6)4-2/h6-9H,1-4H2;4*3-4H2,1-2H3. The van der Waals surface area contributed by atoms with Crippen LogP contribution in [0.5, 0.6) is 0 Å². The Kier molecular flexibility index (Phi) is 45.1. The van der Waals surface area contributed by atoms with Gasteiger partial charge in [0, 0.05) is 0 Å². The molecule has 0 aliphatic rings. The molecule has 0 heterocycles. The van der Waals surface area contributed by atoms with Gasteiger partial charge in [-0.3, -0.25) is 0 Å². The van der Waals surface area contributed by atoms with Gasteiger partial charge in [-0.15, -0.1) is 0 Å².